The van der Waals surface area contributed by atoms with E-state index in [1.807, 2.05) is 49.7 Å². The lowest BCUT2D eigenvalue weighted by atomic mass is 9.75. The molecule has 7 nitrogen and oxygen atoms in total. The van der Waals surface area contributed by atoms with Gasteiger partial charge >= 0.3 is 0 Å². The van der Waals surface area contributed by atoms with Crippen molar-refractivity contribution in [3.63, 3.8) is 0 Å². The van der Waals surface area contributed by atoms with Gasteiger partial charge in [-0.1, -0.05) is 37.5 Å². The van der Waals surface area contributed by atoms with E-state index >= 15 is 0 Å². The number of hydrogen-bond acceptors (Lipinski definition) is 4. The highest BCUT2D eigenvalue weighted by Gasteiger charge is 2.44. The third-order valence-electron chi connectivity index (χ3n) is 9.71. The fourth-order valence-electron chi connectivity index (χ4n) is 7.34. The molecular formula is C36H38N4O3. The highest BCUT2D eigenvalue weighted by Crippen LogP contribution is 2.45. The molecule has 0 spiro atoms. The Hall–Kier alpha value is -4.39. The highest BCUT2D eigenvalue weighted by atomic mass is 16.3. The van der Waals surface area contributed by atoms with Crippen molar-refractivity contribution >= 4 is 39.7 Å². The third-order valence-corrected chi connectivity index (χ3v) is 9.71. The van der Waals surface area contributed by atoms with Crippen LogP contribution in [0.2, 0.25) is 0 Å². The molecule has 0 atom stereocenters. The fraction of sp³-hybridized carbons (Fsp3) is 0.361. The number of ketones is 1. The van der Waals surface area contributed by atoms with Crippen molar-refractivity contribution in [2.24, 2.45) is 14.1 Å². The van der Waals surface area contributed by atoms with Gasteiger partial charge in [-0.05, 0) is 92.5 Å². The second kappa shape index (κ2) is 10.7. The van der Waals surface area contributed by atoms with Crippen LogP contribution >= 0.6 is 0 Å². The Bertz CT molecular complexity index is 1880. The summed E-state index contributed by atoms with van der Waals surface area (Å²) in [5.74, 6) is 1.32. The predicted octanol–water partition coefficient (Wildman–Crippen LogP) is 7.78. The van der Waals surface area contributed by atoms with Gasteiger partial charge in [0.2, 0.25) is 0 Å². The zero-order chi connectivity index (χ0) is 29.7. The van der Waals surface area contributed by atoms with Gasteiger partial charge in [0.25, 0.3) is 5.91 Å². The Morgan fingerprint density at radius 2 is 1.79 bits per heavy atom. The van der Waals surface area contributed by atoms with Gasteiger partial charge < -0.3 is 18.9 Å². The first-order chi connectivity index (χ1) is 20.8. The molecule has 5 aromatic rings. The van der Waals surface area contributed by atoms with Crippen LogP contribution in [-0.4, -0.2) is 25.8 Å². The van der Waals surface area contributed by atoms with E-state index in [4.69, 9.17) is 9.40 Å². The molecule has 0 radical (unpaired) electrons. The minimum atomic E-state index is -0.515. The first-order valence-electron chi connectivity index (χ1n) is 15.5. The minimum absolute atomic E-state index is 0.0124. The monoisotopic (exact) mass is 574 g/mol. The van der Waals surface area contributed by atoms with Gasteiger partial charge in [0, 0.05) is 36.1 Å². The SMILES string of the molecule is CC(=O)/C=C/c1ccc2nc(C3(NC(=O)c4ccc5c(C6CCCCC6)c(-c6ccoc6)n(C)c5c4)CCC3)n(C)c2c1. The van der Waals surface area contributed by atoms with Gasteiger partial charge in [-0.15, -0.1) is 0 Å². The number of benzene rings is 2. The van der Waals surface area contributed by atoms with Crippen molar-refractivity contribution in [2.75, 3.05) is 0 Å². The molecule has 7 rings (SSSR count). The van der Waals surface area contributed by atoms with Crippen molar-refractivity contribution in [1.29, 1.82) is 0 Å². The van der Waals surface area contributed by atoms with E-state index in [1.54, 1.807) is 19.3 Å². The summed E-state index contributed by atoms with van der Waals surface area (Å²) in [6.07, 6.45) is 15.9. The molecule has 0 aliphatic heterocycles. The maximum Gasteiger partial charge on any atom is 0.252 e. The van der Waals surface area contributed by atoms with E-state index in [9.17, 15) is 9.59 Å². The van der Waals surface area contributed by atoms with Crippen molar-refractivity contribution in [3.05, 3.63) is 83.6 Å². The molecule has 2 saturated carbocycles. The Labute approximate surface area is 251 Å². The molecule has 3 aromatic heterocycles. The maximum atomic E-state index is 13.9. The Kier molecular flexibility index (Phi) is 6.83. The van der Waals surface area contributed by atoms with E-state index in [0.29, 0.717) is 11.5 Å². The average molecular weight is 575 g/mol. The van der Waals surface area contributed by atoms with Gasteiger partial charge in [-0.25, -0.2) is 4.98 Å². The molecule has 2 aliphatic rings. The van der Waals surface area contributed by atoms with Crippen LogP contribution < -0.4 is 5.32 Å². The molecule has 43 heavy (non-hydrogen) atoms. The van der Waals surface area contributed by atoms with E-state index in [0.717, 1.165) is 52.8 Å². The predicted molar refractivity (Wildman–Crippen MR) is 170 cm³/mol. The molecule has 0 unspecified atom stereocenters. The maximum absolute atomic E-state index is 13.9. The number of allylic oxidation sites excluding steroid dienone is 1. The van der Waals surface area contributed by atoms with E-state index < -0.39 is 5.54 Å². The smallest absolute Gasteiger partial charge is 0.252 e. The number of imidazole rings is 1. The molecule has 2 fully saturated rings. The quantitative estimate of drug-likeness (QED) is 0.201. The van der Waals surface area contributed by atoms with Gasteiger partial charge in [0.1, 0.15) is 5.82 Å². The standard InChI is InChI=1S/C36H38N4O3/c1-23(41)10-11-24-12-15-29-31(20-24)40(3)35(37-29)36(17-7-18-36)38-34(42)26-13-14-28-30(21-26)39(2)33(27-16-19-43-22-27)32(28)25-8-5-4-6-9-25/h10-16,19-22,25H,4-9,17-18H2,1-3H3,(H,38,42)/b11-10+. The number of hydrogen-bond donors (Lipinski definition) is 1. The number of aryl methyl sites for hydroxylation is 2. The molecule has 7 heteroatoms. The Balaban J connectivity index is 1.24. The summed E-state index contributed by atoms with van der Waals surface area (Å²) in [7, 11) is 4.11. The summed E-state index contributed by atoms with van der Waals surface area (Å²) in [6, 6.07) is 14.2. The molecule has 2 aromatic carbocycles. The molecule has 0 bridgehead atoms. The Morgan fingerprint density at radius 1 is 0.977 bits per heavy atom. The van der Waals surface area contributed by atoms with Crippen LogP contribution in [0.25, 0.3) is 39.3 Å². The molecule has 0 saturated heterocycles. The van der Waals surface area contributed by atoms with Crippen LogP contribution in [0, 0.1) is 0 Å². The summed E-state index contributed by atoms with van der Waals surface area (Å²) in [4.78, 5) is 30.3. The molecule has 2 aliphatic carbocycles. The number of carbonyl (C=O) groups excluding carboxylic acids is 2. The summed E-state index contributed by atoms with van der Waals surface area (Å²) in [5.41, 5.74) is 7.68. The first kappa shape index (κ1) is 27.4. The van der Waals surface area contributed by atoms with Crippen LogP contribution in [0.3, 0.4) is 0 Å². The molecular weight excluding hydrogens is 536 g/mol. The minimum Gasteiger partial charge on any atom is -0.472 e. The topological polar surface area (TPSA) is 82.1 Å². The van der Waals surface area contributed by atoms with Crippen LogP contribution in [-0.2, 0) is 24.4 Å². The second-order valence-electron chi connectivity index (χ2n) is 12.5. The van der Waals surface area contributed by atoms with E-state index in [1.165, 1.54) is 48.7 Å². The zero-order valence-corrected chi connectivity index (χ0v) is 25.2. The molecule has 1 amide bonds. The van der Waals surface area contributed by atoms with E-state index in [-0.39, 0.29) is 11.7 Å². The summed E-state index contributed by atoms with van der Waals surface area (Å²) in [6.45, 7) is 1.55. The number of fused-ring (bicyclic) bond motifs is 2. The van der Waals surface area contributed by atoms with Crippen molar-refractivity contribution in [1.82, 2.24) is 19.4 Å². The van der Waals surface area contributed by atoms with Crippen molar-refractivity contribution < 1.29 is 14.0 Å². The number of carbonyl (C=O) groups is 2. The Morgan fingerprint density at radius 3 is 2.49 bits per heavy atom. The van der Waals surface area contributed by atoms with Crippen molar-refractivity contribution in [3.8, 4) is 11.3 Å². The van der Waals surface area contributed by atoms with Crippen LogP contribution in [0.4, 0.5) is 0 Å². The zero-order valence-electron chi connectivity index (χ0n) is 25.2. The van der Waals surface area contributed by atoms with Gasteiger partial charge in [0.15, 0.2) is 5.78 Å². The normalized spacial score (nSPS) is 17.1. The number of rotatable bonds is 7. The lowest BCUT2D eigenvalue weighted by Crippen LogP contribution is -2.52. The number of aromatic nitrogens is 3. The van der Waals surface area contributed by atoms with Crippen LogP contribution in [0.15, 0.2) is 65.5 Å². The number of amides is 1. The van der Waals surface area contributed by atoms with Crippen LogP contribution in [0.5, 0.6) is 0 Å². The van der Waals surface area contributed by atoms with Gasteiger partial charge in [-0.3, -0.25) is 9.59 Å². The molecule has 3 heterocycles. The number of furan rings is 1. The van der Waals surface area contributed by atoms with E-state index in [2.05, 4.69) is 33.6 Å². The highest BCUT2D eigenvalue weighted by molar-refractivity contribution is 6.01. The van der Waals surface area contributed by atoms with Gasteiger partial charge in [-0.2, -0.15) is 0 Å². The summed E-state index contributed by atoms with van der Waals surface area (Å²) < 4.78 is 9.83. The number of nitrogens with zero attached hydrogens (tertiary/aromatic N) is 3. The summed E-state index contributed by atoms with van der Waals surface area (Å²) in [5, 5.41) is 4.64. The van der Waals surface area contributed by atoms with Gasteiger partial charge in [0.05, 0.1) is 34.8 Å². The fourth-order valence-corrected chi connectivity index (χ4v) is 7.34. The molecule has 220 valence electrons. The van der Waals surface area contributed by atoms with Crippen molar-refractivity contribution in [2.45, 2.75) is 69.7 Å². The lowest BCUT2D eigenvalue weighted by molar-refractivity contribution is -0.112. The summed E-state index contributed by atoms with van der Waals surface area (Å²) >= 11 is 0. The average Bonchev–Trinajstić information content (AvgIpc) is 3.71. The third kappa shape index (κ3) is 4.71. The lowest BCUT2D eigenvalue weighted by Gasteiger charge is -2.41. The largest absolute Gasteiger partial charge is 0.472 e. The molecule has 1 N–H and O–H groups in total. The second-order valence-corrected chi connectivity index (χ2v) is 12.5. The van der Waals surface area contributed by atoms with Crippen LogP contribution in [0.1, 0.15) is 91.5 Å². The first-order valence-corrected chi connectivity index (χ1v) is 15.5. The number of nitrogens with one attached hydrogen (secondary N) is 1.